The molecule has 0 spiro atoms. The molecular weight excluding hydrogens is 307 g/mol. The molecule has 5 nitrogen and oxygen atoms in total. The van der Waals surface area contributed by atoms with Gasteiger partial charge in [0.1, 0.15) is 17.5 Å². The predicted molar refractivity (Wildman–Crippen MR) is 84.2 cm³/mol. The summed E-state index contributed by atoms with van der Waals surface area (Å²) in [6.45, 7) is 5.30. The van der Waals surface area contributed by atoms with Gasteiger partial charge in [-0.1, -0.05) is 12.1 Å². The van der Waals surface area contributed by atoms with Crippen LogP contribution in [0.5, 0.6) is 0 Å². The molecule has 1 saturated heterocycles. The van der Waals surface area contributed by atoms with E-state index in [1.807, 2.05) is 0 Å². The number of para-hydroxylation sites is 1. The molecule has 7 heteroatoms. The van der Waals surface area contributed by atoms with Crippen molar-refractivity contribution >= 4 is 29.4 Å². The number of carbonyl (C=O) groups excluding carboxylic acids is 2. The van der Waals surface area contributed by atoms with E-state index >= 15 is 0 Å². The Bertz CT molecular complexity index is 574. The molecule has 0 aliphatic carbocycles. The molecule has 2 rings (SSSR count). The van der Waals surface area contributed by atoms with Gasteiger partial charge in [0, 0.05) is 5.75 Å². The van der Waals surface area contributed by atoms with Crippen molar-refractivity contribution in [1.29, 1.82) is 0 Å². The first-order valence-electron chi connectivity index (χ1n) is 6.91. The van der Waals surface area contributed by atoms with E-state index in [9.17, 15) is 14.0 Å². The van der Waals surface area contributed by atoms with Gasteiger partial charge in [-0.15, -0.1) is 11.8 Å². The minimum atomic E-state index is -0.667. The molecule has 1 aliphatic rings. The molecular formula is C15H19FN2O3S. The SMILES string of the molecule is CC(C)(C)OC(=O)N1CSC[C@@H]1C(=O)Nc1ccccc1F. The van der Waals surface area contributed by atoms with Crippen LogP contribution in [0.15, 0.2) is 24.3 Å². The van der Waals surface area contributed by atoms with Gasteiger partial charge in [0.2, 0.25) is 5.91 Å². The lowest BCUT2D eigenvalue weighted by Crippen LogP contribution is -2.46. The second kappa shape index (κ2) is 6.56. The second-order valence-electron chi connectivity index (χ2n) is 5.93. The van der Waals surface area contributed by atoms with Gasteiger partial charge in [-0.2, -0.15) is 0 Å². The third kappa shape index (κ3) is 4.13. The quantitative estimate of drug-likeness (QED) is 0.907. The Morgan fingerprint density at radius 1 is 1.36 bits per heavy atom. The van der Waals surface area contributed by atoms with E-state index in [1.54, 1.807) is 32.9 Å². The highest BCUT2D eigenvalue weighted by atomic mass is 32.2. The molecule has 2 amide bonds. The Hall–Kier alpha value is -1.76. The molecule has 1 aliphatic heterocycles. The largest absolute Gasteiger partial charge is 0.444 e. The number of hydrogen-bond acceptors (Lipinski definition) is 4. The molecule has 1 fully saturated rings. The third-order valence-electron chi connectivity index (χ3n) is 2.94. The van der Waals surface area contributed by atoms with Crippen LogP contribution in [-0.2, 0) is 9.53 Å². The molecule has 22 heavy (non-hydrogen) atoms. The Balaban J connectivity index is 2.05. The lowest BCUT2D eigenvalue weighted by Gasteiger charge is -2.27. The minimum absolute atomic E-state index is 0.105. The average Bonchev–Trinajstić information content (AvgIpc) is 2.89. The van der Waals surface area contributed by atoms with Crippen LogP contribution in [0, 0.1) is 5.82 Å². The number of thioether (sulfide) groups is 1. The van der Waals surface area contributed by atoms with E-state index < -0.39 is 29.5 Å². The summed E-state index contributed by atoms with van der Waals surface area (Å²) in [5.74, 6) is -0.0876. The normalized spacial score (nSPS) is 18.2. The topological polar surface area (TPSA) is 58.6 Å². The van der Waals surface area contributed by atoms with Crippen LogP contribution >= 0.6 is 11.8 Å². The number of amides is 2. The monoisotopic (exact) mass is 326 g/mol. The average molecular weight is 326 g/mol. The number of benzene rings is 1. The zero-order valence-corrected chi connectivity index (χ0v) is 13.6. The summed E-state index contributed by atoms with van der Waals surface area (Å²) in [6.07, 6.45) is -0.536. The van der Waals surface area contributed by atoms with E-state index in [1.165, 1.54) is 28.8 Å². The van der Waals surface area contributed by atoms with Crippen molar-refractivity contribution in [1.82, 2.24) is 4.90 Å². The van der Waals surface area contributed by atoms with Gasteiger partial charge < -0.3 is 10.1 Å². The van der Waals surface area contributed by atoms with Crippen molar-refractivity contribution in [2.24, 2.45) is 0 Å². The Kier molecular flexibility index (Phi) is 4.95. The minimum Gasteiger partial charge on any atom is -0.444 e. The molecule has 1 aromatic rings. The maximum Gasteiger partial charge on any atom is 0.411 e. The smallest absolute Gasteiger partial charge is 0.411 e. The van der Waals surface area contributed by atoms with E-state index in [4.69, 9.17) is 4.74 Å². The van der Waals surface area contributed by atoms with Crippen molar-refractivity contribution in [3.05, 3.63) is 30.1 Å². The van der Waals surface area contributed by atoms with Crippen molar-refractivity contribution in [3.8, 4) is 0 Å². The second-order valence-corrected chi connectivity index (χ2v) is 6.93. The third-order valence-corrected chi connectivity index (χ3v) is 3.96. The molecule has 1 N–H and O–H groups in total. The van der Waals surface area contributed by atoms with E-state index in [2.05, 4.69) is 5.32 Å². The molecule has 0 aromatic heterocycles. The first-order chi connectivity index (χ1) is 10.3. The van der Waals surface area contributed by atoms with Gasteiger partial charge in [0.15, 0.2) is 0 Å². The first kappa shape index (κ1) is 16.6. The number of rotatable bonds is 2. The van der Waals surface area contributed by atoms with Gasteiger partial charge in [-0.05, 0) is 32.9 Å². The molecule has 1 atom stereocenters. The Morgan fingerprint density at radius 2 is 2.05 bits per heavy atom. The van der Waals surface area contributed by atoms with Gasteiger partial charge in [-0.25, -0.2) is 9.18 Å². The number of nitrogens with one attached hydrogen (secondary N) is 1. The Morgan fingerprint density at radius 3 is 2.68 bits per heavy atom. The Labute approximate surface area is 133 Å². The van der Waals surface area contributed by atoms with Crippen LogP contribution in [-0.4, -0.2) is 40.2 Å². The lowest BCUT2D eigenvalue weighted by molar-refractivity contribution is -0.120. The summed E-state index contributed by atoms with van der Waals surface area (Å²) in [4.78, 5) is 25.8. The number of hydrogen-bond donors (Lipinski definition) is 1. The molecule has 0 saturated carbocycles. The molecule has 1 heterocycles. The van der Waals surface area contributed by atoms with Crippen molar-refractivity contribution in [2.75, 3.05) is 16.9 Å². The summed E-state index contributed by atoms with van der Waals surface area (Å²) in [5, 5.41) is 2.52. The number of anilines is 1. The summed E-state index contributed by atoms with van der Waals surface area (Å²) in [7, 11) is 0. The van der Waals surface area contributed by atoms with Crippen LogP contribution in [0.2, 0.25) is 0 Å². The van der Waals surface area contributed by atoms with E-state index in [0.29, 0.717) is 11.6 Å². The summed E-state index contributed by atoms with van der Waals surface area (Å²) in [5.41, 5.74) is -0.523. The van der Waals surface area contributed by atoms with E-state index in [-0.39, 0.29) is 5.69 Å². The molecule has 0 radical (unpaired) electrons. The number of ether oxygens (including phenoxy) is 1. The number of nitrogens with zero attached hydrogens (tertiary/aromatic N) is 1. The number of carbonyl (C=O) groups is 2. The van der Waals surface area contributed by atoms with Crippen LogP contribution < -0.4 is 5.32 Å². The van der Waals surface area contributed by atoms with Crippen molar-refractivity contribution in [3.63, 3.8) is 0 Å². The van der Waals surface area contributed by atoms with Crippen molar-refractivity contribution in [2.45, 2.75) is 32.4 Å². The standard InChI is InChI=1S/C15H19FN2O3S/c1-15(2,3)21-14(20)18-9-22-8-12(18)13(19)17-11-7-5-4-6-10(11)16/h4-7,12H,8-9H2,1-3H3,(H,17,19)/t12-/m1/s1. The summed E-state index contributed by atoms with van der Waals surface area (Å²) < 4.78 is 18.9. The molecule has 120 valence electrons. The highest BCUT2D eigenvalue weighted by Crippen LogP contribution is 2.25. The lowest BCUT2D eigenvalue weighted by atomic mass is 10.2. The van der Waals surface area contributed by atoms with Crippen LogP contribution in [0.1, 0.15) is 20.8 Å². The van der Waals surface area contributed by atoms with E-state index in [0.717, 1.165) is 0 Å². The fraction of sp³-hybridized carbons (Fsp3) is 0.467. The van der Waals surface area contributed by atoms with Crippen molar-refractivity contribution < 1.29 is 18.7 Å². The highest BCUT2D eigenvalue weighted by Gasteiger charge is 2.37. The van der Waals surface area contributed by atoms with Crippen LogP contribution in [0.4, 0.5) is 14.9 Å². The van der Waals surface area contributed by atoms with Crippen LogP contribution in [0.3, 0.4) is 0 Å². The zero-order chi connectivity index (χ0) is 16.3. The number of halogens is 1. The molecule has 1 aromatic carbocycles. The van der Waals surface area contributed by atoms with Gasteiger partial charge in [0.25, 0.3) is 0 Å². The highest BCUT2D eigenvalue weighted by molar-refractivity contribution is 7.99. The van der Waals surface area contributed by atoms with Crippen LogP contribution in [0.25, 0.3) is 0 Å². The maximum atomic E-state index is 13.6. The summed E-state index contributed by atoms with van der Waals surface area (Å²) in [6, 6.07) is 5.26. The zero-order valence-electron chi connectivity index (χ0n) is 12.8. The van der Waals surface area contributed by atoms with Gasteiger partial charge >= 0.3 is 6.09 Å². The fourth-order valence-electron chi connectivity index (χ4n) is 1.94. The van der Waals surface area contributed by atoms with Gasteiger partial charge in [-0.3, -0.25) is 9.69 Å². The molecule has 0 unspecified atom stereocenters. The predicted octanol–water partition coefficient (Wildman–Crippen LogP) is 3.07. The summed E-state index contributed by atoms with van der Waals surface area (Å²) >= 11 is 1.46. The first-order valence-corrected chi connectivity index (χ1v) is 8.06. The maximum absolute atomic E-state index is 13.6. The van der Waals surface area contributed by atoms with Gasteiger partial charge in [0.05, 0.1) is 11.6 Å². The fourth-order valence-corrected chi connectivity index (χ4v) is 3.08. The molecule has 0 bridgehead atoms.